The number of urea groups is 1. The molecule has 132 valence electrons. The summed E-state index contributed by atoms with van der Waals surface area (Å²) in [6, 6.07) is 4.16. The van der Waals surface area contributed by atoms with E-state index in [-0.39, 0.29) is 23.7 Å². The molecule has 0 radical (unpaired) electrons. The molecule has 2 aliphatic rings. The van der Waals surface area contributed by atoms with Crippen molar-refractivity contribution < 1.29 is 14.3 Å². The van der Waals surface area contributed by atoms with Crippen LogP contribution >= 0.6 is 11.6 Å². The Labute approximate surface area is 146 Å². The smallest absolute Gasteiger partial charge is 0.321 e. The summed E-state index contributed by atoms with van der Waals surface area (Å²) in [4.78, 5) is 16.6. The Kier molecular flexibility index (Phi) is 5.58. The highest BCUT2D eigenvalue weighted by Crippen LogP contribution is 2.31. The van der Waals surface area contributed by atoms with Gasteiger partial charge in [0.25, 0.3) is 0 Å². The third-order valence-electron chi connectivity index (χ3n) is 4.71. The van der Waals surface area contributed by atoms with Gasteiger partial charge in [0.1, 0.15) is 5.82 Å². The number of amides is 2. The zero-order valence-electron chi connectivity index (χ0n) is 13.5. The van der Waals surface area contributed by atoms with Gasteiger partial charge in [-0.05, 0) is 43.4 Å². The van der Waals surface area contributed by atoms with Gasteiger partial charge in [-0.3, -0.25) is 4.90 Å². The van der Waals surface area contributed by atoms with Crippen molar-refractivity contribution in [3.63, 3.8) is 0 Å². The van der Waals surface area contributed by atoms with Gasteiger partial charge in [-0.25, -0.2) is 9.18 Å². The topological polar surface area (TPSA) is 55.8 Å². The van der Waals surface area contributed by atoms with Crippen molar-refractivity contribution in [2.75, 3.05) is 38.1 Å². The molecule has 1 saturated heterocycles. The normalized spacial score (nSPS) is 21.8. The lowest BCUT2D eigenvalue weighted by molar-refractivity contribution is 0.0739. The summed E-state index contributed by atoms with van der Waals surface area (Å²) in [5, 5.41) is 12.1. The average Bonchev–Trinajstić information content (AvgIpc) is 3.37. The highest BCUT2D eigenvalue weighted by atomic mass is 35.5. The molecular formula is C17H23ClFN3O2. The second kappa shape index (κ2) is 7.68. The molecule has 0 spiro atoms. The van der Waals surface area contributed by atoms with E-state index in [0.29, 0.717) is 25.2 Å². The molecule has 0 unspecified atom stereocenters. The molecule has 1 aliphatic heterocycles. The lowest BCUT2D eigenvalue weighted by Crippen LogP contribution is -2.56. The number of benzene rings is 1. The van der Waals surface area contributed by atoms with E-state index in [1.54, 1.807) is 11.0 Å². The van der Waals surface area contributed by atoms with E-state index in [2.05, 4.69) is 10.2 Å². The zero-order chi connectivity index (χ0) is 17.1. The first-order valence-corrected chi connectivity index (χ1v) is 8.80. The maximum atomic E-state index is 13.5. The summed E-state index contributed by atoms with van der Waals surface area (Å²) in [7, 11) is 0. The van der Waals surface area contributed by atoms with E-state index in [1.165, 1.54) is 25.0 Å². The van der Waals surface area contributed by atoms with E-state index in [9.17, 15) is 14.3 Å². The van der Waals surface area contributed by atoms with Crippen LogP contribution in [0.25, 0.3) is 0 Å². The van der Waals surface area contributed by atoms with Crippen LogP contribution in [0.2, 0.25) is 5.02 Å². The average molecular weight is 356 g/mol. The van der Waals surface area contributed by atoms with Crippen LogP contribution in [0, 0.1) is 11.7 Å². The van der Waals surface area contributed by atoms with Crippen LogP contribution in [0.5, 0.6) is 0 Å². The first kappa shape index (κ1) is 17.5. The van der Waals surface area contributed by atoms with E-state index < -0.39 is 5.82 Å². The fraction of sp³-hybridized carbons (Fsp3) is 0.588. The Morgan fingerprint density at radius 1 is 1.38 bits per heavy atom. The minimum absolute atomic E-state index is 0.0321. The Hall–Kier alpha value is -1.37. The number of hydrogen-bond acceptors (Lipinski definition) is 3. The summed E-state index contributed by atoms with van der Waals surface area (Å²) < 4.78 is 13.5. The van der Waals surface area contributed by atoms with Crippen LogP contribution in [0.4, 0.5) is 14.9 Å². The molecule has 2 fully saturated rings. The van der Waals surface area contributed by atoms with E-state index in [4.69, 9.17) is 11.6 Å². The number of aliphatic hydroxyl groups excluding tert-OH is 1. The number of rotatable bonds is 5. The molecule has 2 amide bonds. The maximum absolute atomic E-state index is 13.5. The monoisotopic (exact) mass is 355 g/mol. The number of piperazine rings is 1. The van der Waals surface area contributed by atoms with Crippen LogP contribution in [-0.2, 0) is 0 Å². The first-order valence-electron chi connectivity index (χ1n) is 8.42. The minimum atomic E-state index is -0.554. The molecule has 2 N–H and O–H groups in total. The van der Waals surface area contributed by atoms with Gasteiger partial charge >= 0.3 is 6.03 Å². The van der Waals surface area contributed by atoms with Gasteiger partial charge in [-0.1, -0.05) is 11.6 Å². The fourth-order valence-corrected chi connectivity index (χ4v) is 3.27. The third kappa shape index (κ3) is 4.37. The Morgan fingerprint density at radius 2 is 2.17 bits per heavy atom. The standard InChI is InChI=1S/C17H23ClFN3O2/c18-15-4-3-13(9-16(15)19)20-17(24)22-7-6-21(10-12-1-2-12)14(11-22)5-8-23/h3-4,9,12,14,23H,1-2,5-8,10-11H2,(H,20,24)/t14-/m0/s1. The summed E-state index contributed by atoms with van der Waals surface area (Å²) in [5.74, 6) is 0.227. The van der Waals surface area contributed by atoms with Crippen molar-refractivity contribution in [3.05, 3.63) is 29.0 Å². The molecule has 5 nitrogen and oxygen atoms in total. The molecule has 1 atom stereocenters. The molecule has 1 aromatic carbocycles. The predicted molar refractivity (Wildman–Crippen MR) is 91.8 cm³/mol. The largest absolute Gasteiger partial charge is 0.396 e. The van der Waals surface area contributed by atoms with Gasteiger partial charge < -0.3 is 15.3 Å². The van der Waals surface area contributed by atoms with E-state index in [0.717, 1.165) is 19.0 Å². The molecule has 1 aliphatic carbocycles. The van der Waals surface area contributed by atoms with Crippen molar-refractivity contribution in [1.29, 1.82) is 0 Å². The van der Waals surface area contributed by atoms with E-state index in [1.807, 2.05) is 0 Å². The van der Waals surface area contributed by atoms with Crippen molar-refractivity contribution in [1.82, 2.24) is 9.80 Å². The van der Waals surface area contributed by atoms with Crippen LogP contribution in [0.3, 0.4) is 0 Å². The number of hydrogen-bond donors (Lipinski definition) is 2. The van der Waals surface area contributed by atoms with Crippen molar-refractivity contribution in [3.8, 4) is 0 Å². The van der Waals surface area contributed by atoms with Crippen molar-refractivity contribution in [2.45, 2.75) is 25.3 Å². The highest BCUT2D eigenvalue weighted by molar-refractivity contribution is 6.30. The minimum Gasteiger partial charge on any atom is -0.396 e. The Morgan fingerprint density at radius 3 is 2.83 bits per heavy atom. The number of anilines is 1. The number of carbonyl (C=O) groups excluding carboxylic acids is 1. The summed E-state index contributed by atoms with van der Waals surface area (Å²) in [6.07, 6.45) is 3.23. The fourth-order valence-electron chi connectivity index (χ4n) is 3.15. The van der Waals surface area contributed by atoms with E-state index >= 15 is 0 Å². The van der Waals surface area contributed by atoms with Crippen molar-refractivity contribution >= 4 is 23.3 Å². The number of carbonyl (C=O) groups is 1. The molecular weight excluding hydrogens is 333 g/mol. The van der Waals surface area contributed by atoms with Gasteiger partial charge in [-0.15, -0.1) is 0 Å². The van der Waals surface area contributed by atoms with Crippen LogP contribution < -0.4 is 5.32 Å². The lowest BCUT2D eigenvalue weighted by Gasteiger charge is -2.41. The summed E-state index contributed by atoms with van der Waals surface area (Å²) in [5.41, 5.74) is 0.390. The predicted octanol–water partition coefficient (Wildman–Crippen LogP) is 2.79. The summed E-state index contributed by atoms with van der Waals surface area (Å²) in [6.45, 7) is 3.20. The lowest BCUT2D eigenvalue weighted by atomic mass is 10.1. The Bertz CT molecular complexity index is 597. The third-order valence-corrected chi connectivity index (χ3v) is 5.02. The second-order valence-corrected chi connectivity index (χ2v) is 7.02. The molecule has 0 aromatic heterocycles. The van der Waals surface area contributed by atoms with Gasteiger partial charge in [0.05, 0.1) is 5.02 Å². The first-order chi connectivity index (χ1) is 11.6. The van der Waals surface area contributed by atoms with Crippen molar-refractivity contribution in [2.24, 2.45) is 5.92 Å². The van der Waals surface area contributed by atoms with Gasteiger partial charge in [0, 0.05) is 44.5 Å². The zero-order valence-corrected chi connectivity index (χ0v) is 14.3. The van der Waals surface area contributed by atoms with Gasteiger partial charge in [0.2, 0.25) is 0 Å². The number of nitrogens with one attached hydrogen (secondary N) is 1. The maximum Gasteiger partial charge on any atom is 0.321 e. The molecule has 24 heavy (non-hydrogen) atoms. The van der Waals surface area contributed by atoms with Crippen LogP contribution in [0.15, 0.2) is 18.2 Å². The number of halogens is 2. The molecule has 7 heteroatoms. The van der Waals surface area contributed by atoms with Gasteiger partial charge in [0.15, 0.2) is 0 Å². The molecule has 1 saturated carbocycles. The number of aliphatic hydroxyl groups is 1. The summed E-state index contributed by atoms with van der Waals surface area (Å²) >= 11 is 5.66. The molecule has 3 rings (SSSR count). The SMILES string of the molecule is O=C(Nc1ccc(Cl)c(F)c1)N1CCN(CC2CC2)[C@@H](CCO)C1. The van der Waals surface area contributed by atoms with Crippen LogP contribution in [0.1, 0.15) is 19.3 Å². The molecule has 1 heterocycles. The molecule has 0 bridgehead atoms. The van der Waals surface area contributed by atoms with Gasteiger partial charge in [-0.2, -0.15) is 0 Å². The molecule has 1 aromatic rings. The number of nitrogens with zero attached hydrogens (tertiary/aromatic N) is 2. The van der Waals surface area contributed by atoms with Crippen LogP contribution in [-0.4, -0.2) is 59.8 Å². The second-order valence-electron chi connectivity index (χ2n) is 6.61. The Balaban J connectivity index is 1.59. The quantitative estimate of drug-likeness (QED) is 0.854. The highest BCUT2D eigenvalue weighted by Gasteiger charge is 2.33.